The van der Waals surface area contributed by atoms with Crippen LogP contribution in [0.1, 0.15) is 19.8 Å². The number of ether oxygens (including phenoxy) is 1. The van der Waals surface area contributed by atoms with Crippen molar-refractivity contribution in [3.63, 3.8) is 0 Å². The molecule has 0 unspecified atom stereocenters. The average molecular weight is 257 g/mol. The van der Waals surface area contributed by atoms with E-state index < -0.39 is 0 Å². The lowest BCUT2D eigenvalue weighted by Crippen LogP contribution is -2.33. The van der Waals surface area contributed by atoms with E-state index in [0.29, 0.717) is 5.41 Å². The third-order valence-electron chi connectivity index (χ3n) is 3.95. The second kappa shape index (κ2) is 5.13. The number of nitrogens with one attached hydrogen (secondary N) is 1. The summed E-state index contributed by atoms with van der Waals surface area (Å²) in [6, 6.07) is 8.09. The molecule has 4 heteroatoms. The van der Waals surface area contributed by atoms with E-state index in [4.69, 9.17) is 4.74 Å². The number of fused-ring (bicyclic) bond motifs is 1. The summed E-state index contributed by atoms with van der Waals surface area (Å²) in [7, 11) is 0. The highest BCUT2D eigenvalue weighted by Gasteiger charge is 2.27. The lowest BCUT2D eigenvalue weighted by molar-refractivity contribution is 0.0300. The second-order valence-corrected chi connectivity index (χ2v) is 5.55. The Hall–Kier alpha value is -1.68. The second-order valence-electron chi connectivity index (χ2n) is 5.55. The lowest BCUT2D eigenvalue weighted by atomic mass is 9.82. The highest BCUT2D eigenvalue weighted by Crippen LogP contribution is 2.30. The van der Waals surface area contributed by atoms with E-state index in [0.717, 1.165) is 49.2 Å². The Morgan fingerprint density at radius 1 is 1.26 bits per heavy atom. The standard InChI is InChI=1S/C15H19N3O/c1-15(6-8-19-9-7-15)11-16-14-10-17-18-13-5-3-2-4-12(13)14/h2-5,10H,6-9,11H2,1H3,(H,16,18). The molecule has 4 nitrogen and oxygen atoms in total. The Balaban J connectivity index is 1.78. The molecule has 1 saturated heterocycles. The fourth-order valence-corrected chi connectivity index (χ4v) is 2.50. The molecule has 0 aliphatic carbocycles. The van der Waals surface area contributed by atoms with Crippen LogP contribution < -0.4 is 5.32 Å². The molecule has 0 saturated carbocycles. The van der Waals surface area contributed by atoms with Gasteiger partial charge in [0.1, 0.15) is 0 Å². The fraction of sp³-hybridized carbons (Fsp3) is 0.467. The van der Waals surface area contributed by atoms with Crippen molar-refractivity contribution in [1.29, 1.82) is 0 Å². The van der Waals surface area contributed by atoms with Crippen molar-refractivity contribution in [3.8, 4) is 0 Å². The van der Waals surface area contributed by atoms with Crippen LogP contribution in [0.3, 0.4) is 0 Å². The summed E-state index contributed by atoms with van der Waals surface area (Å²) in [5.74, 6) is 0. The molecular formula is C15H19N3O. The summed E-state index contributed by atoms with van der Waals surface area (Å²) in [5.41, 5.74) is 2.31. The van der Waals surface area contributed by atoms with E-state index >= 15 is 0 Å². The smallest absolute Gasteiger partial charge is 0.0950 e. The molecular weight excluding hydrogens is 238 g/mol. The predicted molar refractivity (Wildman–Crippen MR) is 76.2 cm³/mol. The van der Waals surface area contributed by atoms with Gasteiger partial charge in [0, 0.05) is 25.1 Å². The molecule has 19 heavy (non-hydrogen) atoms. The Labute approximate surface area is 113 Å². The van der Waals surface area contributed by atoms with E-state index in [1.54, 1.807) is 0 Å². The molecule has 1 N–H and O–H groups in total. The SMILES string of the molecule is CC1(CNc2cnnc3ccccc23)CCOCC1. The Kier molecular flexibility index (Phi) is 3.34. The van der Waals surface area contributed by atoms with Gasteiger partial charge in [-0.25, -0.2) is 0 Å². The van der Waals surface area contributed by atoms with Crippen LogP contribution in [-0.4, -0.2) is 30.0 Å². The average Bonchev–Trinajstić information content (AvgIpc) is 2.46. The number of aromatic nitrogens is 2. The van der Waals surface area contributed by atoms with E-state index in [1.165, 1.54) is 0 Å². The number of nitrogens with zero attached hydrogens (tertiary/aromatic N) is 2. The maximum absolute atomic E-state index is 5.44. The van der Waals surface area contributed by atoms with Gasteiger partial charge in [0.05, 0.1) is 17.4 Å². The summed E-state index contributed by atoms with van der Waals surface area (Å²) in [4.78, 5) is 0. The maximum Gasteiger partial charge on any atom is 0.0950 e. The van der Waals surface area contributed by atoms with Gasteiger partial charge in [0.15, 0.2) is 0 Å². The first-order chi connectivity index (χ1) is 9.27. The van der Waals surface area contributed by atoms with Gasteiger partial charge in [0.2, 0.25) is 0 Å². The van der Waals surface area contributed by atoms with Crippen LogP contribution in [0.25, 0.3) is 10.9 Å². The van der Waals surface area contributed by atoms with Crippen LogP contribution in [0.15, 0.2) is 30.5 Å². The third kappa shape index (κ3) is 2.68. The summed E-state index contributed by atoms with van der Waals surface area (Å²) >= 11 is 0. The van der Waals surface area contributed by atoms with Crippen LogP contribution >= 0.6 is 0 Å². The monoisotopic (exact) mass is 257 g/mol. The number of benzene rings is 1. The van der Waals surface area contributed by atoms with Gasteiger partial charge in [-0.15, -0.1) is 0 Å². The topological polar surface area (TPSA) is 47.0 Å². The molecule has 1 aliphatic rings. The summed E-state index contributed by atoms with van der Waals surface area (Å²) in [6.07, 6.45) is 4.03. The Bertz CT molecular complexity index is 559. The first-order valence-corrected chi connectivity index (χ1v) is 6.79. The number of rotatable bonds is 3. The highest BCUT2D eigenvalue weighted by atomic mass is 16.5. The largest absolute Gasteiger partial charge is 0.383 e. The lowest BCUT2D eigenvalue weighted by Gasteiger charge is -2.34. The molecule has 2 heterocycles. The van der Waals surface area contributed by atoms with E-state index in [-0.39, 0.29) is 0 Å². The van der Waals surface area contributed by atoms with Gasteiger partial charge in [-0.2, -0.15) is 10.2 Å². The molecule has 0 atom stereocenters. The zero-order chi connectivity index (χ0) is 13.1. The van der Waals surface area contributed by atoms with Gasteiger partial charge in [-0.3, -0.25) is 0 Å². The third-order valence-corrected chi connectivity index (χ3v) is 3.95. The quantitative estimate of drug-likeness (QED) is 0.918. The van der Waals surface area contributed by atoms with Crippen molar-refractivity contribution in [2.45, 2.75) is 19.8 Å². The van der Waals surface area contributed by atoms with Crippen LogP contribution in [0.4, 0.5) is 5.69 Å². The molecule has 1 aromatic carbocycles. The Morgan fingerprint density at radius 3 is 2.89 bits per heavy atom. The minimum atomic E-state index is 0.308. The molecule has 0 radical (unpaired) electrons. The highest BCUT2D eigenvalue weighted by molar-refractivity contribution is 5.90. The van der Waals surface area contributed by atoms with Crippen LogP contribution in [0, 0.1) is 5.41 Å². The molecule has 1 fully saturated rings. The molecule has 1 aromatic heterocycles. The normalized spacial score (nSPS) is 18.4. The van der Waals surface area contributed by atoms with Crippen molar-refractivity contribution < 1.29 is 4.74 Å². The number of hydrogen-bond acceptors (Lipinski definition) is 4. The molecule has 0 spiro atoms. The number of hydrogen-bond donors (Lipinski definition) is 1. The van der Waals surface area contributed by atoms with Gasteiger partial charge in [0.25, 0.3) is 0 Å². The van der Waals surface area contributed by atoms with Crippen molar-refractivity contribution >= 4 is 16.6 Å². The van der Waals surface area contributed by atoms with E-state index in [2.05, 4.69) is 28.5 Å². The molecule has 100 valence electrons. The van der Waals surface area contributed by atoms with Crippen LogP contribution in [-0.2, 0) is 4.74 Å². The minimum absolute atomic E-state index is 0.308. The van der Waals surface area contributed by atoms with Gasteiger partial charge < -0.3 is 10.1 Å². The first-order valence-electron chi connectivity index (χ1n) is 6.79. The van der Waals surface area contributed by atoms with Crippen LogP contribution in [0.2, 0.25) is 0 Å². The molecule has 0 amide bonds. The van der Waals surface area contributed by atoms with Crippen molar-refractivity contribution in [2.75, 3.05) is 25.1 Å². The van der Waals surface area contributed by atoms with Crippen molar-refractivity contribution in [1.82, 2.24) is 10.2 Å². The maximum atomic E-state index is 5.44. The summed E-state index contributed by atoms with van der Waals surface area (Å²) in [6.45, 7) is 5.01. The summed E-state index contributed by atoms with van der Waals surface area (Å²) in [5, 5.41) is 12.9. The Morgan fingerprint density at radius 2 is 2.05 bits per heavy atom. The summed E-state index contributed by atoms with van der Waals surface area (Å²) < 4.78 is 5.44. The first kappa shape index (κ1) is 12.4. The van der Waals surface area contributed by atoms with Crippen molar-refractivity contribution in [3.05, 3.63) is 30.5 Å². The van der Waals surface area contributed by atoms with Gasteiger partial charge in [-0.1, -0.05) is 25.1 Å². The molecule has 3 rings (SSSR count). The predicted octanol–water partition coefficient (Wildman–Crippen LogP) is 2.86. The molecule has 2 aromatic rings. The fourth-order valence-electron chi connectivity index (χ4n) is 2.50. The van der Waals surface area contributed by atoms with Gasteiger partial charge in [-0.05, 0) is 24.3 Å². The molecule has 0 bridgehead atoms. The van der Waals surface area contributed by atoms with E-state index in [9.17, 15) is 0 Å². The zero-order valence-corrected chi connectivity index (χ0v) is 11.2. The minimum Gasteiger partial charge on any atom is -0.383 e. The van der Waals surface area contributed by atoms with Crippen molar-refractivity contribution in [2.24, 2.45) is 5.41 Å². The molecule has 1 aliphatic heterocycles. The van der Waals surface area contributed by atoms with E-state index in [1.807, 2.05) is 24.4 Å². The van der Waals surface area contributed by atoms with Gasteiger partial charge >= 0.3 is 0 Å². The number of anilines is 1. The van der Waals surface area contributed by atoms with Crippen LogP contribution in [0.5, 0.6) is 0 Å². The zero-order valence-electron chi connectivity index (χ0n) is 11.2.